The van der Waals surface area contributed by atoms with Crippen molar-refractivity contribution in [1.82, 2.24) is 14.7 Å². The van der Waals surface area contributed by atoms with Gasteiger partial charge in [0, 0.05) is 32.2 Å². The normalized spacial score (nSPS) is 25.8. The Bertz CT molecular complexity index is 431. The lowest BCUT2D eigenvalue weighted by Gasteiger charge is -2.38. The number of nitrogens with zero attached hydrogens (tertiary/aromatic N) is 3. The Kier molecular flexibility index (Phi) is 6.35. The lowest BCUT2D eigenvalue weighted by atomic mass is 10.0. The minimum atomic E-state index is -0.170. The van der Waals surface area contributed by atoms with E-state index in [2.05, 4.69) is 4.90 Å². The number of hydrogen-bond acceptors (Lipinski definition) is 4. The van der Waals surface area contributed by atoms with Gasteiger partial charge in [-0.3, -0.25) is 9.69 Å². The standard InChI is InChI=1S/C18H31N3O3/c22-17(19-12-7-13-19)14-21-11-6-3-8-16(21)15-24-18(23)20-9-4-1-2-5-10-20/h16H,1-15H2. The second-order valence-corrected chi connectivity index (χ2v) is 7.33. The summed E-state index contributed by atoms with van der Waals surface area (Å²) in [6, 6.07) is 0.194. The van der Waals surface area contributed by atoms with Crippen molar-refractivity contribution in [3.05, 3.63) is 0 Å². The molecule has 3 rings (SSSR count). The molecule has 0 spiro atoms. The summed E-state index contributed by atoms with van der Waals surface area (Å²) in [5.41, 5.74) is 0. The van der Waals surface area contributed by atoms with Gasteiger partial charge in [0.25, 0.3) is 0 Å². The van der Waals surface area contributed by atoms with Gasteiger partial charge in [-0.2, -0.15) is 0 Å². The summed E-state index contributed by atoms with van der Waals surface area (Å²) >= 11 is 0. The maximum Gasteiger partial charge on any atom is 0.409 e. The van der Waals surface area contributed by atoms with Gasteiger partial charge in [-0.25, -0.2) is 4.79 Å². The van der Waals surface area contributed by atoms with Gasteiger partial charge >= 0.3 is 6.09 Å². The molecule has 3 aliphatic heterocycles. The van der Waals surface area contributed by atoms with Crippen LogP contribution < -0.4 is 0 Å². The van der Waals surface area contributed by atoms with Crippen molar-refractivity contribution in [2.45, 2.75) is 57.4 Å². The molecule has 0 N–H and O–H groups in total. The molecule has 0 bridgehead atoms. The molecule has 136 valence electrons. The average Bonchev–Trinajstić information content (AvgIpc) is 2.81. The van der Waals surface area contributed by atoms with E-state index in [0.29, 0.717) is 13.2 Å². The van der Waals surface area contributed by atoms with E-state index in [1.54, 1.807) is 0 Å². The predicted molar refractivity (Wildman–Crippen MR) is 91.8 cm³/mol. The van der Waals surface area contributed by atoms with Crippen LogP contribution in [-0.2, 0) is 9.53 Å². The molecule has 6 heteroatoms. The zero-order valence-electron chi connectivity index (χ0n) is 14.8. The van der Waals surface area contributed by atoms with Crippen LogP contribution in [0.15, 0.2) is 0 Å². The first-order valence-electron chi connectivity index (χ1n) is 9.67. The number of amides is 2. The van der Waals surface area contributed by atoms with Gasteiger partial charge in [0.1, 0.15) is 6.61 Å². The van der Waals surface area contributed by atoms with E-state index < -0.39 is 0 Å². The Morgan fingerprint density at radius 2 is 1.46 bits per heavy atom. The van der Waals surface area contributed by atoms with Gasteiger partial charge in [0.15, 0.2) is 0 Å². The van der Waals surface area contributed by atoms with Crippen molar-refractivity contribution in [3.8, 4) is 0 Å². The summed E-state index contributed by atoms with van der Waals surface area (Å²) in [5.74, 6) is 0.229. The van der Waals surface area contributed by atoms with Crippen molar-refractivity contribution in [2.75, 3.05) is 45.9 Å². The van der Waals surface area contributed by atoms with Gasteiger partial charge in [-0.15, -0.1) is 0 Å². The largest absolute Gasteiger partial charge is 0.448 e. The van der Waals surface area contributed by atoms with Crippen LogP contribution in [0.5, 0.6) is 0 Å². The molecule has 3 fully saturated rings. The van der Waals surface area contributed by atoms with E-state index in [0.717, 1.165) is 71.2 Å². The molecule has 0 saturated carbocycles. The number of rotatable bonds is 4. The average molecular weight is 337 g/mol. The fourth-order valence-electron chi connectivity index (χ4n) is 3.81. The Labute approximate surface area is 145 Å². The SMILES string of the molecule is O=C(CN1CCCCC1COC(=O)N1CCCCCC1)N1CCC1. The highest BCUT2D eigenvalue weighted by Crippen LogP contribution is 2.19. The molecule has 0 radical (unpaired) electrons. The Morgan fingerprint density at radius 1 is 0.792 bits per heavy atom. The van der Waals surface area contributed by atoms with Crippen LogP contribution in [0.3, 0.4) is 0 Å². The minimum Gasteiger partial charge on any atom is -0.448 e. The third-order valence-electron chi connectivity index (χ3n) is 5.56. The first kappa shape index (κ1) is 17.5. The molecule has 3 aliphatic rings. The number of likely N-dealkylation sites (tertiary alicyclic amines) is 3. The summed E-state index contributed by atoms with van der Waals surface area (Å²) < 4.78 is 5.61. The molecule has 24 heavy (non-hydrogen) atoms. The van der Waals surface area contributed by atoms with Crippen LogP contribution in [0.4, 0.5) is 4.79 Å². The fraction of sp³-hybridized carbons (Fsp3) is 0.889. The van der Waals surface area contributed by atoms with Crippen LogP contribution in [0.2, 0.25) is 0 Å². The minimum absolute atomic E-state index is 0.170. The van der Waals surface area contributed by atoms with Crippen LogP contribution >= 0.6 is 0 Å². The Hall–Kier alpha value is -1.30. The molecule has 0 aromatic rings. The lowest BCUT2D eigenvalue weighted by Crippen LogP contribution is -2.51. The van der Waals surface area contributed by atoms with Crippen LogP contribution in [0.1, 0.15) is 51.4 Å². The number of hydrogen-bond donors (Lipinski definition) is 0. The highest BCUT2D eigenvalue weighted by molar-refractivity contribution is 5.79. The highest BCUT2D eigenvalue weighted by atomic mass is 16.6. The van der Waals surface area contributed by atoms with Gasteiger partial charge < -0.3 is 14.5 Å². The van der Waals surface area contributed by atoms with Gasteiger partial charge in [-0.05, 0) is 38.6 Å². The monoisotopic (exact) mass is 337 g/mol. The van der Waals surface area contributed by atoms with Crippen molar-refractivity contribution < 1.29 is 14.3 Å². The van der Waals surface area contributed by atoms with E-state index in [1.807, 2.05) is 9.80 Å². The third kappa shape index (κ3) is 4.62. The fourth-order valence-corrected chi connectivity index (χ4v) is 3.81. The molecule has 1 atom stereocenters. The van der Waals surface area contributed by atoms with E-state index in [-0.39, 0.29) is 18.0 Å². The first-order chi connectivity index (χ1) is 11.7. The van der Waals surface area contributed by atoms with Crippen molar-refractivity contribution in [2.24, 2.45) is 0 Å². The Balaban J connectivity index is 1.46. The van der Waals surface area contributed by atoms with Crippen molar-refractivity contribution in [3.63, 3.8) is 0 Å². The maximum atomic E-state index is 12.3. The molecular formula is C18H31N3O3. The summed E-state index contributed by atoms with van der Waals surface area (Å²) in [6.07, 6.45) is 8.83. The number of ether oxygens (including phenoxy) is 1. The summed E-state index contributed by atoms with van der Waals surface area (Å²) in [5, 5.41) is 0. The maximum absolute atomic E-state index is 12.3. The molecule has 2 amide bonds. The molecule has 1 unspecified atom stereocenters. The molecule has 0 aromatic carbocycles. The van der Waals surface area contributed by atoms with Gasteiger partial charge in [-0.1, -0.05) is 19.3 Å². The van der Waals surface area contributed by atoms with E-state index in [9.17, 15) is 9.59 Å². The van der Waals surface area contributed by atoms with Crippen LogP contribution in [0.25, 0.3) is 0 Å². The van der Waals surface area contributed by atoms with Crippen LogP contribution in [-0.4, -0.2) is 78.6 Å². The molecule has 0 aromatic heterocycles. The zero-order valence-corrected chi connectivity index (χ0v) is 14.8. The molecule has 3 saturated heterocycles. The number of carbonyl (C=O) groups is 2. The third-order valence-corrected chi connectivity index (χ3v) is 5.56. The van der Waals surface area contributed by atoms with Gasteiger partial charge in [0.05, 0.1) is 6.54 Å². The number of carbonyl (C=O) groups excluding carboxylic acids is 2. The van der Waals surface area contributed by atoms with Crippen molar-refractivity contribution in [1.29, 1.82) is 0 Å². The van der Waals surface area contributed by atoms with E-state index in [4.69, 9.17) is 4.74 Å². The number of piperidine rings is 1. The molecule has 0 aliphatic carbocycles. The highest BCUT2D eigenvalue weighted by Gasteiger charge is 2.29. The topological polar surface area (TPSA) is 53.1 Å². The zero-order chi connectivity index (χ0) is 16.8. The van der Waals surface area contributed by atoms with Gasteiger partial charge in [0.2, 0.25) is 5.91 Å². The molecular weight excluding hydrogens is 306 g/mol. The second-order valence-electron chi connectivity index (χ2n) is 7.33. The smallest absolute Gasteiger partial charge is 0.409 e. The quantitative estimate of drug-likeness (QED) is 0.788. The Morgan fingerprint density at radius 3 is 2.12 bits per heavy atom. The lowest BCUT2D eigenvalue weighted by molar-refractivity contribution is -0.137. The summed E-state index contributed by atoms with van der Waals surface area (Å²) in [6.45, 7) is 5.28. The second kappa shape index (κ2) is 8.70. The predicted octanol–water partition coefficient (Wildman–Crippen LogP) is 2.09. The van der Waals surface area contributed by atoms with E-state index in [1.165, 1.54) is 12.8 Å². The summed E-state index contributed by atoms with van der Waals surface area (Å²) in [4.78, 5) is 30.5. The molecule has 3 heterocycles. The van der Waals surface area contributed by atoms with E-state index >= 15 is 0 Å². The van der Waals surface area contributed by atoms with Crippen LogP contribution in [0, 0.1) is 0 Å². The summed E-state index contributed by atoms with van der Waals surface area (Å²) in [7, 11) is 0. The van der Waals surface area contributed by atoms with Crippen molar-refractivity contribution >= 4 is 12.0 Å². The first-order valence-corrected chi connectivity index (χ1v) is 9.67. The molecule has 6 nitrogen and oxygen atoms in total.